The number of nitrogens with zero attached hydrogens (tertiary/aromatic N) is 1. The van der Waals surface area contributed by atoms with Crippen molar-refractivity contribution in [2.45, 2.75) is 72.4 Å². The molecule has 0 radical (unpaired) electrons. The van der Waals surface area contributed by atoms with Crippen LogP contribution in [-0.2, 0) is 16.0 Å². The molecule has 34 heavy (non-hydrogen) atoms. The van der Waals surface area contributed by atoms with E-state index in [1.54, 1.807) is 32.6 Å². The van der Waals surface area contributed by atoms with E-state index in [0.717, 1.165) is 25.7 Å². The number of rotatable bonds is 8. The van der Waals surface area contributed by atoms with Crippen LogP contribution in [0.3, 0.4) is 0 Å². The topological polar surface area (TPSA) is 91.5 Å². The van der Waals surface area contributed by atoms with Crippen molar-refractivity contribution in [3.05, 3.63) is 58.4 Å². The zero-order valence-corrected chi connectivity index (χ0v) is 20.9. The van der Waals surface area contributed by atoms with E-state index in [4.69, 9.17) is 4.74 Å². The summed E-state index contributed by atoms with van der Waals surface area (Å²) in [4.78, 5) is 43.5. The first-order valence-electron chi connectivity index (χ1n) is 12.2. The summed E-state index contributed by atoms with van der Waals surface area (Å²) >= 11 is 0. The number of hydrogen-bond donors (Lipinski definition) is 2. The number of ether oxygens (including phenoxy) is 1. The smallest absolute Gasteiger partial charge is 0.340 e. The summed E-state index contributed by atoms with van der Waals surface area (Å²) in [5.74, 6) is -0.850. The molecule has 0 saturated carbocycles. The van der Waals surface area contributed by atoms with Crippen LogP contribution >= 0.6 is 0 Å². The number of benzene rings is 1. The van der Waals surface area contributed by atoms with Crippen LogP contribution in [0.1, 0.15) is 77.7 Å². The summed E-state index contributed by atoms with van der Waals surface area (Å²) in [5.41, 5.74) is 3.27. The first kappa shape index (κ1) is 25.5. The van der Waals surface area contributed by atoms with Crippen LogP contribution < -0.4 is 5.32 Å². The number of likely N-dealkylation sites (tertiary alicyclic amines) is 1. The van der Waals surface area contributed by atoms with Gasteiger partial charge in [0, 0.05) is 24.8 Å². The van der Waals surface area contributed by atoms with E-state index in [9.17, 15) is 14.4 Å². The fourth-order valence-corrected chi connectivity index (χ4v) is 4.54. The van der Waals surface area contributed by atoms with Crippen molar-refractivity contribution in [2.24, 2.45) is 5.92 Å². The second-order valence-electron chi connectivity index (χ2n) is 9.60. The van der Waals surface area contributed by atoms with Crippen LogP contribution in [-0.4, -0.2) is 52.9 Å². The summed E-state index contributed by atoms with van der Waals surface area (Å²) < 4.78 is 5.33. The van der Waals surface area contributed by atoms with Crippen molar-refractivity contribution in [1.82, 2.24) is 15.2 Å². The third-order valence-electron chi connectivity index (χ3n) is 6.38. The van der Waals surface area contributed by atoms with E-state index in [0.29, 0.717) is 35.6 Å². The number of amides is 2. The molecule has 7 nitrogen and oxygen atoms in total. The molecule has 2 heterocycles. The van der Waals surface area contributed by atoms with Crippen molar-refractivity contribution in [1.29, 1.82) is 0 Å². The molecule has 1 aromatic carbocycles. The van der Waals surface area contributed by atoms with Gasteiger partial charge in [-0.3, -0.25) is 9.59 Å². The van der Waals surface area contributed by atoms with E-state index in [-0.39, 0.29) is 29.9 Å². The monoisotopic (exact) mass is 467 g/mol. The van der Waals surface area contributed by atoms with Crippen molar-refractivity contribution in [2.75, 3.05) is 13.1 Å². The highest BCUT2D eigenvalue weighted by Gasteiger charge is 2.32. The van der Waals surface area contributed by atoms with Gasteiger partial charge in [0.1, 0.15) is 5.69 Å². The molecule has 1 fully saturated rings. The molecule has 2 amide bonds. The van der Waals surface area contributed by atoms with Crippen LogP contribution in [0.2, 0.25) is 0 Å². The summed E-state index contributed by atoms with van der Waals surface area (Å²) in [5, 5.41) is 3.13. The Bertz CT molecular complexity index is 1010. The summed E-state index contributed by atoms with van der Waals surface area (Å²) in [7, 11) is 0. The van der Waals surface area contributed by atoms with Crippen molar-refractivity contribution >= 4 is 17.8 Å². The Labute approximate surface area is 202 Å². The number of carbonyl (C=O) groups is 3. The molecule has 3 rings (SSSR count). The average molecular weight is 468 g/mol. The first-order chi connectivity index (χ1) is 16.2. The molecule has 1 aromatic heterocycles. The van der Waals surface area contributed by atoms with Crippen molar-refractivity contribution in [3.8, 4) is 0 Å². The first-order valence-corrected chi connectivity index (χ1v) is 12.2. The molecular formula is C27H37N3O4. The van der Waals surface area contributed by atoms with E-state index in [2.05, 4.69) is 22.4 Å². The number of aromatic nitrogens is 1. The largest absolute Gasteiger partial charge is 0.459 e. The lowest BCUT2D eigenvalue weighted by molar-refractivity contribution is -0.127. The SMILES string of the molecule is Cc1[nH]c(C(=O)N2CCC[C@@H](C(=O)N[C@H](C)CCc3ccccc3)C2)c(C)c1C(=O)OC(C)C. The maximum absolute atomic E-state index is 13.3. The Morgan fingerprint density at radius 1 is 1.15 bits per heavy atom. The molecule has 2 N–H and O–H groups in total. The van der Waals surface area contributed by atoms with Crippen molar-refractivity contribution in [3.63, 3.8) is 0 Å². The minimum Gasteiger partial charge on any atom is -0.459 e. The standard InChI is InChI=1S/C27H37N3O4/c1-17(2)34-27(33)23-19(4)24(29-20(23)5)26(32)30-15-9-12-22(16-30)25(31)28-18(3)13-14-21-10-7-6-8-11-21/h6-8,10-11,17-18,22,29H,9,12-16H2,1-5H3,(H,28,31)/t18-,22-/m1/s1. The zero-order chi connectivity index (χ0) is 24.8. The Hall–Kier alpha value is -3.09. The Morgan fingerprint density at radius 3 is 2.53 bits per heavy atom. The molecule has 184 valence electrons. The fourth-order valence-electron chi connectivity index (χ4n) is 4.54. The van der Waals surface area contributed by atoms with Crippen LogP contribution in [0.5, 0.6) is 0 Å². The van der Waals surface area contributed by atoms with E-state index in [1.807, 2.05) is 25.1 Å². The quantitative estimate of drug-likeness (QED) is 0.570. The average Bonchev–Trinajstić information content (AvgIpc) is 3.11. The predicted molar refractivity (Wildman–Crippen MR) is 132 cm³/mol. The highest BCUT2D eigenvalue weighted by molar-refractivity contribution is 6.00. The molecule has 1 saturated heterocycles. The fraction of sp³-hybridized carbons (Fsp3) is 0.519. The minimum absolute atomic E-state index is 0.00125. The van der Waals surface area contributed by atoms with Crippen LogP contribution in [0, 0.1) is 19.8 Å². The molecule has 0 spiro atoms. The number of hydrogen-bond acceptors (Lipinski definition) is 4. The van der Waals surface area contributed by atoms with Crippen LogP contribution in [0.25, 0.3) is 0 Å². The lowest BCUT2D eigenvalue weighted by Gasteiger charge is -2.32. The molecule has 2 atom stereocenters. The summed E-state index contributed by atoms with van der Waals surface area (Å²) in [6.45, 7) is 10.1. The van der Waals surface area contributed by atoms with Gasteiger partial charge in [-0.15, -0.1) is 0 Å². The highest BCUT2D eigenvalue weighted by atomic mass is 16.5. The van der Waals surface area contributed by atoms with Gasteiger partial charge >= 0.3 is 5.97 Å². The molecule has 1 aliphatic heterocycles. The van der Waals surface area contributed by atoms with Crippen LogP contribution in [0.15, 0.2) is 30.3 Å². The highest BCUT2D eigenvalue weighted by Crippen LogP contribution is 2.24. The number of piperidine rings is 1. The summed E-state index contributed by atoms with van der Waals surface area (Å²) in [6, 6.07) is 10.3. The molecular weight excluding hydrogens is 430 g/mol. The molecule has 0 bridgehead atoms. The maximum atomic E-state index is 13.3. The van der Waals surface area contributed by atoms with Gasteiger partial charge in [0.2, 0.25) is 5.91 Å². The Morgan fingerprint density at radius 2 is 1.85 bits per heavy atom. The number of esters is 1. The number of H-pyrrole nitrogens is 1. The van der Waals surface area contributed by atoms with E-state index < -0.39 is 5.97 Å². The van der Waals surface area contributed by atoms with Crippen molar-refractivity contribution < 1.29 is 19.1 Å². The number of aromatic amines is 1. The molecule has 7 heteroatoms. The van der Waals surface area contributed by atoms with Gasteiger partial charge in [0.25, 0.3) is 5.91 Å². The van der Waals surface area contributed by atoms with Gasteiger partial charge in [-0.2, -0.15) is 0 Å². The van der Waals surface area contributed by atoms with Gasteiger partial charge < -0.3 is 19.9 Å². The third-order valence-corrected chi connectivity index (χ3v) is 6.38. The molecule has 1 aliphatic rings. The van der Waals surface area contributed by atoms with Gasteiger partial charge in [-0.25, -0.2) is 4.79 Å². The lowest BCUT2D eigenvalue weighted by atomic mass is 9.96. The number of nitrogens with one attached hydrogen (secondary N) is 2. The second-order valence-corrected chi connectivity index (χ2v) is 9.60. The number of aryl methyl sites for hydroxylation is 2. The van der Waals surface area contributed by atoms with Gasteiger partial charge in [0.05, 0.1) is 17.6 Å². The molecule has 0 aliphatic carbocycles. The lowest BCUT2D eigenvalue weighted by Crippen LogP contribution is -2.47. The normalized spacial score (nSPS) is 16.9. The van der Waals surface area contributed by atoms with Gasteiger partial charge in [-0.05, 0) is 71.4 Å². The Balaban J connectivity index is 1.60. The van der Waals surface area contributed by atoms with E-state index >= 15 is 0 Å². The number of carbonyl (C=O) groups excluding carboxylic acids is 3. The van der Waals surface area contributed by atoms with Crippen LogP contribution in [0.4, 0.5) is 0 Å². The second kappa shape index (κ2) is 11.4. The predicted octanol–water partition coefficient (Wildman–Crippen LogP) is 4.19. The minimum atomic E-state index is -0.430. The maximum Gasteiger partial charge on any atom is 0.340 e. The third kappa shape index (κ3) is 6.27. The van der Waals surface area contributed by atoms with Gasteiger partial charge in [-0.1, -0.05) is 30.3 Å². The molecule has 2 aromatic rings. The molecule has 0 unspecified atom stereocenters. The van der Waals surface area contributed by atoms with Gasteiger partial charge in [0.15, 0.2) is 0 Å². The Kier molecular flexibility index (Phi) is 8.53. The summed E-state index contributed by atoms with van der Waals surface area (Å²) in [6.07, 6.45) is 3.06. The van der Waals surface area contributed by atoms with E-state index in [1.165, 1.54) is 5.56 Å². The zero-order valence-electron chi connectivity index (χ0n) is 20.9.